The van der Waals surface area contributed by atoms with Crippen LogP contribution in [0.3, 0.4) is 0 Å². The summed E-state index contributed by atoms with van der Waals surface area (Å²) in [7, 11) is 1.73. The van der Waals surface area contributed by atoms with Gasteiger partial charge >= 0.3 is 6.03 Å². The molecule has 28 heavy (non-hydrogen) atoms. The first-order chi connectivity index (χ1) is 13.5. The van der Waals surface area contributed by atoms with Gasteiger partial charge in [-0.3, -0.25) is 4.79 Å². The van der Waals surface area contributed by atoms with Gasteiger partial charge < -0.3 is 15.1 Å². The maximum absolute atomic E-state index is 12.6. The van der Waals surface area contributed by atoms with E-state index in [9.17, 15) is 9.59 Å². The highest BCUT2D eigenvalue weighted by Gasteiger charge is 2.16. The average molecular weight is 400 g/mol. The van der Waals surface area contributed by atoms with Crippen molar-refractivity contribution < 1.29 is 9.59 Å². The number of urea groups is 1. The second kappa shape index (κ2) is 9.60. The molecule has 2 aromatic carbocycles. The summed E-state index contributed by atoms with van der Waals surface area (Å²) < 4.78 is 0. The molecule has 1 N–H and O–H groups in total. The Labute approximate surface area is 171 Å². The number of rotatable bonds is 3. The van der Waals surface area contributed by atoms with Crippen molar-refractivity contribution in [2.45, 2.75) is 32.1 Å². The van der Waals surface area contributed by atoms with Crippen LogP contribution in [0.25, 0.3) is 0 Å². The number of amides is 3. The van der Waals surface area contributed by atoms with Gasteiger partial charge in [-0.2, -0.15) is 0 Å². The van der Waals surface area contributed by atoms with Crippen LogP contribution in [0.15, 0.2) is 48.5 Å². The van der Waals surface area contributed by atoms with Gasteiger partial charge in [0.1, 0.15) is 0 Å². The highest BCUT2D eigenvalue weighted by atomic mass is 35.5. The van der Waals surface area contributed by atoms with E-state index in [4.69, 9.17) is 11.6 Å². The van der Waals surface area contributed by atoms with Gasteiger partial charge in [-0.25, -0.2) is 4.79 Å². The fraction of sp³-hybridized carbons (Fsp3) is 0.364. The van der Waals surface area contributed by atoms with Crippen LogP contribution in [-0.2, 0) is 0 Å². The monoisotopic (exact) mass is 399 g/mol. The second-order valence-electron chi connectivity index (χ2n) is 7.10. The molecule has 1 heterocycles. The molecule has 3 rings (SSSR count). The van der Waals surface area contributed by atoms with E-state index in [1.54, 1.807) is 36.2 Å². The van der Waals surface area contributed by atoms with Gasteiger partial charge in [-0.15, -0.1) is 0 Å². The van der Waals surface area contributed by atoms with E-state index in [-0.39, 0.29) is 11.9 Å². The van der Waals surface area contributed by atoms with E-state index in [1.807, 2.05) is 29.2 Å². The lowest BCUT2D eigenvalue weighted by Gasteiger charge is -2.25. The Balaban J connectivity index is 1.61. The third-order valence-electron chi connectivity index (χ3n) is 5.04. The van der Waals surface area contributed by atoms with Gasteiger partial charge in [0.15, 0.2) is 0 Å². The van der Waals surface area contributed by atoms with Crippen LogP contribution >= 0.6 is 11.6 Å². The Bertz CT molecular complexity index is 798. The second-order valence-corrected chi connectivity index (χ2v) is 7.54. The van der Waals surface area contributed by atoms with Crippen molar-refractivity contribution in [3.8, 4) is 0 Å². The zero-order valence-corrected chi connectivity index (χ0v) is 16.9. The number of carbonyl (C=O) groups excluding carboxylic acids is 2. The predicted octanol–water partition coefficient (Wildman–Crippen LogP) is 5.41. The first-order valence-corrected chi connectivity index (χ1v) is 10.1. The minimum atomic E-state index is -0.117. The van der Waals surface area contributed by atoms with Crippen LogP contribution in [0.1, 0.15) is 42.5 Å². The number of nitrogens with one attached hydrogen (secondary N) is 1. The Morgan fingerprint density at radius 3 is 2.07 bits per heavy atom. The van der Waals surface area contributed by atoms with Crippen molar-refractivity contribution in [1.82, 2.24) is 4.90 Å². The molecule has 0 spiro atoms. The summed E-state index contributed by atoms with van der Waals surface area (Å²) in [6.07, 6.45) is 5.76. The largest absolute Gasteiger partial charge is 0.325 e. The molecule has 0 saturated carbocycles. The molecular weight excluding hydrogens is 374 g/mol. The summed E-state index contributed by atoms with van der Waals surface area (Å²) in [5.41, 5.74) is 2.05. The maximum atomic E-state index is 12.6. The van der Waals surface area contributed by atoms with Gasteiger partial charge in [0.2, 0.25) is 0 Å². The first-order valence-electron chi connectivity index (χ1n) is 9.74. The van der Waals surface area contributed by atoms with Crippen LogP contribution < -0.4 is 10.2 Å². The first kappa shape index (κ1) is 20.2. The van der Waals surface area contributed by atoms with Crippen LogP contribution in [0.2, 0.25) is 5.02 Å². The lowest BCUT2D eigenvalue weighted by atomic mass is 10.1. The Kier molecular flexibility index (Phi) is 6.93. The number of nitrogens with zero attached hydrogens (tertiary/aromatic N) is 2. The van der Waals surface area contributed by atoms with Crippen LogP contribution in [-0.4, -0.2) is 37.0 Å². The number of anilines is 2. The Hall–Kier alpha value is -2.53. The number of likely N-dealkylation sites (tertiary alicyclic amines) is 1. The molecule has 0 radical (unpaired) electrons. The molecule has 0 atom stereocenters. The molecule has 0 bridgehead atoms. The van der Waals surface area contributed by atoms with E-state index < -0.39 is 0 Å². The van der Waals surface area contributed by atoms with Gasteiger partial charge in [0.05, 0.1) is 0 Å². The van der Waals surface area contributed by atoms with Crippen molar-refractivity contribution >= 4 is 34.9 Å². The minimum absolute atomic E-state index is 0.0553. The van der Waals surface area contributed by atoms with Gasteiger partial charge in [-0.05, 0) is 61.4 Å². The average Bonchev–Trinajstić information content (AvgIpc) is 2.68. The maximum Gasteiger partial charge on any atom is 0.321 e. The van der Waals surface area contributed by atoms with E-state index >= 15 is 0 Å². The Morgan fingerprint density at radius 1 is 0.893 bits per heavy atom. The molecule has 5 nitrogen and oxygen atoms in total. The van der Waals surface area contributed by atoms with Crippen molar-refractivity contribution in [2.75, 3.05) is 30.4 Å². The van der Waals surface area contributed by atoms with Crippen LogP contribution in [0.4, 0.5) is 16.2 Å². The SMILES string of the molecule is CN(C(=O)c1ccc(Cl)cc1)c1ccc(NC(=O)N2CCCCCCC2)cc1. The zero-order valence-electron chi connectivity index (χ0n) is 16.2. The van der Waals surface area contributed by atoms with E-state index in [1.165, 1.54) is 19.3 Å². The van der Waals surface area contributed by atoms with Crippen molar-refractivity contribution in [1.29, 1.82) is 0 Å². The molecule has 2 aromatic rings. The van der Waals surface area contributed by atoms with E-state index in [0.29, 0.717) is 10.6 Å². The third kappa shape index (κ3) is 5.26. The molecule has 6 heteroatoms. The topological polar surface area (TPSA) is 52.7 Å². The molecule has 148 valence electrons. The third-order valence-corrected chi connectivity index (χ3v) is 5.30. The summed E-state index contributed by atoms with van der Waals surface area (Å²) in [6.45, 7) is 1.62. The van der Waals surface area contributed by atoms with Gasteiger partial charge in [-0.1, -0.05) is 30.9 Å². The highest BCUT2D eigenvalue weighted by Crippen LogP contribution is 2.20. The smallest absolute Gasteiger partial charge is 0.321 e. The van der Waals surface area contributed by atoms with Crippen molar-refractivity contribution in [3.05, 3.63) is 59.1 Å². The predicted molar refractivity (Wildman–Crippen MR) is 114 cm³/mol. The minimum Gasteiger partial charge on any atom is -0.325 e. The van der Waals surface area contributed by atoms with Gasteiger partial charge in [0.25, 0.3) is 5.91 Å². The molecule has 1 saturated heterocycles. The number of carbonyl (C=O) groups is 2. The number of hydrogen-bond acceptors (Lipinski definition) is 2. The summed E-state index contributed by atoms with van der Waals surface area (Å²) in [4.78, 5) is 28.6. The van der Waals surface area contributed by atoms with Crippen molar-refractivity contribution in [3.63, 3.8) is 0 Å². The molecule has 1 aliphatic heterocycles. The number of hydrogen-bond donors (Lipinski definition) is 1. The normalized spacial score (nSPS) is 14.7. The van der Waals surface area contributed by atoms with Crippen molar-refractivity contribution in [2.24, 2.45) is 0 Å². The summed E-state index contributed by atoms with van der Waals surface area (Å²) in [6, 6.07) is 14.1. The standard InChI is InChI=1S/C22H26ClN3O2/c1-25(21(27)17-7-9-18(23)10-8-17)20-13-11-19(12-14-20)24-22(28)26-15-5-3-2-4-6-16-26/h7-14H,2-6,15-16H2,1H3,(H,24,28). The lowest BCUT2D eigenvalue weighted by molar-refractivity contribution is 0.0993. The molecule has 0 unspecified atom stereocenters. The lowest BCUT2D eigenvalue weighted by Crippen LogP contribution is -2.37. The molecule has 0 aromatic heterocycles. The summed E-state index contributed by atoms with van der Waals surface area (Å²) in [5.74, 6) is -0.117. The Morgan fingerprint density at radius 2 is 1.46 bits per heavy atom. The number of benzene rings is 2. The highest BCUT2D eigenvalue weighted by molar-refractivity contribution is 6.30. The quantitative estimate of drug-likeness (QED) is 0.749. The van der Waals surface area contributed by atoms with E-state index in [0.717, 1.165) is 37.3 Å². The molecular formula is C22H26ClN3O2. The molecule has 3 amide bonds. The van der Waals surface area contributed by atoms with Crippen LogP contribution in [0, 0.1) is 0 Å². The molecule has 1 fully saturated rings. The van der Waals surface area contributed by atoms with Gasteiger partial charge in [0, 0.05) is 42.1 Å². The summed E-state index contributed by atoms with van der Waals surface area (Å²) in [5, 5.41) is 3.56. The number of halogens is 1. The molecule has 1 aliphatic rings. The van der Waals surface area contributed by atoms with Crippen LogP contribution in [0.5, 0.6) is 0 Å². The van der Waals surface area contributed by atoms with E-state index in [2.05, 4.69) is 5.32 Å². The molecule has 0 aliphatic carbocycles. The summed E-state index contributed by atoms with van der Waals surface area (Å²) >= 11 is 5.88. The zero-order chi connectivity index (χ0) is 19.9. The fourth-order valence-electron chi connectivity index (χ4n) is 3.32. The fourth-order valence-corrected chi connectivity index (χ4v) is 3.45.